The van der Waals surface area contributed by atoms with E-state index in [-0.39, 0.29) is 5.41 Å². The van der Waals surface area contributed by atoms with E-state index < -0.39 is 0 Å². The van der Waals surface area contributed by atoms with Crippen molar-refractivity contribution in [1.29, 1.82) is 0 Å². The molecule has 9 aromatic rings. The van der Waals surface area contributed by atoms with Crippen LogP contribution in [0.4, 0.5) is 28.4 Å². The monoisotopic (exact) mass is 804 g/mol. The molecular weight excluding hydrogens is 756 g/mol. The Hall–Kier alpha value is -6.36. The van der Waals surface area contributed by atoms with Crippen molar-refractivity contribution < 1.29 is 0 Å². The highest BCUT2D eigenvalue weighted by molar-refractivity contribution is 7.29. The summed E-state index contributed by atoms with van der Waals surface area (Å²) in [5.41, 5.74) is 20.3. The van der Waals surface area contributed by atoms with Gasteiger partial charge in [-0.3, -0.25) is 0 Å². The summed E-state index contributed by atoms with van der Waals surface area (Å²) in [6, 6.07) is 61.8. The second-order valence-corrected chi connectivity index (χ2v) is 18.8. The Balaban J connectivity index is 1.22. The molecule has 61 heavy (non-hydrogen) atoms. The highest BCUT2D eigenvalue weighted by Crippen LogP contribution is 2.53. The first-order chi connectivity index (χ1) is 29.9. The fourth-order valence-electron chi connectivity index (χ4n) is 10.3. The summed E-state index contributed by atoms with van der Waals surface area (Å²) < 4.78 is 2.73. The van der Waals surface area contributed by atoms with Crippen LogP contribution in [0.1, 0.15) is 62.3 Å². The molecule has 0 bridgehead atoms. The van der Waals surface area contributed by atoms with E-state index in [4.69, 9.17) is 0 Å². The summed E-state index contributed by atoms with van der Waals surface area (Å²) in [4.78, 5) is 2.64. The molecule has 0 spiro atoms. The van der Waals surface area contributed by atoms with Gasteiger partial charge in [-0.15, -0.1) is 11.3 Å². The van der Waals surface area contributed by atoms with Crippen LogP contribution in [0, 0.1) is 6.92 Å². The molecule has 0 radical (unpaired) electrons. The van der Waals surface area contributed by atoms with Crippen molar-refractivity contribution in [3.63, 3.8) is 0 Å². The van der Waals surface area contributed by atoms with E-state index in [1.165, 1.54) is 123 Å². The molecule has 8 aromatic carbocycles. The van der Waals surface area contributed by atoms with E-state index in [9.17, 15) is 0 Å². The Morgan fingerprint density at radius 3 is 2.21 bits per heavy atom. The Bertz CT molecular complexity index is 3140. The lowest BCUT2D eigenvalue weighted by molar-refractivity contribution is 0.660. The third-order valence-corrected chi connectivity index (χ3v) is 14.5. The van der Waals surface area contributed by atoms with Crippen molar-refractivity contribution in [2.45, 2.75) is 58.8 Å². The fraction of sp³-hybridized carbons (Fsp3) is 0.158. The van der Waals surface area contributed by atoms with Crippen molar-refractivity contribution in [1.82, 2.24) is 0 Å². The number of unbranched alkanes of at least 4 members (excludes halogenated alkanes) is 2. The van der Waals surface area contributed by atoms with Gasteiger partial charge < -0.3 is 10.2 Å². The largest absolute Gasteiger partial charge is 0.355 e. The van der Waals surface area contributed by atoms with Crippen LogP contribution in [0.15, 0.2) is 164 Å². The van der Waals surface area contributed by atoms with Gasteiger partial charge in [-0.05, 0) is 128 Å². The summed E-state index contributed by atoms with van der Waals surface area (Å²) in [6.45, 7) is 9.24. The van der Waals surface area contributed by atoms with Crippen LogP contribution in [-0.4, -0.2) is 7.28 Å². The van der Waals surface area contributed by atoms with Gasteiger partial charge in [-0.2, -0.15) is 0 Å². The lowest BCUT2D eigenvalue weighted by atomic mass is 9.61. The summed E-state index contributed by atoms with van der Waals surface area (Å²) in [6.07, 6.45) is 4.75. The van der Waals surface area contributed by atoms with Gasteiger partial charge >= 0.3 is 0 Å². The van der Waals surface area contributed by atoms with E-state index in [2.05, 4.69) is 202 Å². The van der Waals surface area contributed by atoms with Crippen molar-refractivity contribution in [2.75, 3.05) is 10.2 Å². The Kier molecular flexibility index (Phi) is 9.24. The molecule has 0 fully saturated rings. The topological polar surface area (TPSA) is 15.3 Å². The van der Waals surface area contributed by atoms with E-state index in [0.717, 1.165) is 25.1 Å². The number of aryl methyl sites for hydroxylation is 2. The predicted octanol–water partition coefficient (Wildman–Crippen LogP) is 14.7. The zero-order valence-corrected chi connectivity index (χ0v) is 36.3. The minimum atomic E-state index is -0.151. The van der Waals surface area contributed by atoms with Gasteiger partial charge in [0.1, 0.15) is 0 Å². The average molecular weight is 805 g/mol. The Morgan fingerprint density at radius 2 is 1.38 bits per heavy atom. The molecule has 0 saturated carbocycles. The number of nitrogens with zero attached hydrogens (tertiary/aromatic N) is 1. The van der Waals surface area contributed by atoms with Crippen LogP contribution < -0.4 is 20.5 Å². The van der Waals surface area contributed by atoms with Crippen LogP contribution in [0.3, 0.4) is 0 Å². The van der Waals surface area contributed by atoms with Crippen LogP contribution in [0.2, 0.25) is 0 Å². The number of benzene rings is 8. The van der Waals surface area contributed by atoms with E-state index in [1.807, 2.05) is 11.3 Å². The molecular formula is C57H49BN2S. The molecule has 0 atom stereocenters. The van der Waals surface area contributed by atoms with Gasteiger partial charge in [0.15, 0.2) is 0 Å². The number of thiophene rings is 1. The van der Waals surface area contributed by atoms with Crippen LogP contribution in [0.25, 0.3) is 54.2 Å². The van der Waals surface area contributed by atoms with Crippen LogP contribution in [0.5, 0.6) is 0 Å². The molecule has 4 heteroatoms. The van der Waals surface area contributed by atoms with Gasteiger partial charge in [0.25, 0.3) is 0 Å². The molecule has 1 aliphatic carbocycles. The zero-order valence-electron chi connectivity index (χ0n) is 35.5. The normalized spacial score (nSPS) is 13.4. The molecule has 1 N–H and O–H groups in total. The minimum absolute atomic E-state index is 0.151. The molecule has 2 aliphatic rings. The van der Waals surface area contributed by atoms with Gasteiger partial charge in [-0.25, -0.2) is 0 Å². The van der Waals surface area contributed by atoms with Crippen LogP contribution in [-0.2, 0) is 11.8 Å². The lowest BCUT2D eigenvalue weighted by Gasteiger charge is -2.36. The highest BCUT2D eigenvalue weighted by atomic mass is 32.1. The predicted molar refractivity (Wildman–Crippen MR) is 267 cm³/mol. The second-order valence-electron chi connectivity index (χ2n) is 17.6. The Morgan fingerprint density at radius 1 is 0.623 bits per heavy atom. The summed E-state index contributed by atoms with van der Waals surface area (Å²) in [5.74, 6) is 0. The first-order valence-corrected chi connectivity index (χ1v) is 22.8. The molecule has 0 saturated heterocycles. The molecule has 0 amide bonds. The smallest absolute Gasteiger partial charge is 0.211 e. The lowest BCUT2D eigenvalue weighted by Crippen LogP contribution is -2.39. The Labute approximate surface area is 364 Å². The number of nitrogens with one attached hydrogen (secondary N) is 1. The van der Waals surface area contributed by atoms with Crippen molar-refractivity contribution in [3.05, 3.63) is 186 Å². The van der Waals surface area contributed by atoms with Crippen molar-refractivity contribution in [3.8, 4) is 33.4 Å². The van der Waals surface area contributed by atoms with E-state index >= 15 is 0 Å². The van der Waals surface area contributed by atoms with Gasteiger partial charge in [0.2, 0.25) is 7.28 Å². The maximum Gasteiger partial charge on any atom is 0.211 e. The zero-order chi connectivity index (χ0) is 41.2. The molecule has 1 aromatic heterocycles. The number of fused-ring (bicyclic) bond motifs is 8. The number of hydrogen-bond donors (Lipinski definition) is 1. The fourth-order valence-corrected chi connectivity index (χ4v) is 11.5. The molecule has 1 aliphatic heterocycles. The van der Waals surface area contributed by atoms with Crippen LogP contribution >= 0.6 is 11.3 Å². The number of anilines is 5. The molecule has 2 nitrogen and oxygen atoms in total. The molecule has 0 unspecified atom stereocenters. The maximum absolute atomic E-state index is 3.99. The van der Waals surface area contributed by atoms with Crippen molar-refractivity contribution >= 4 is 78.2 Å². The van der Waals surface area contributed by atoms with Gasteiger partial charge in [0, 0.05) is 43.7 Å². The molecule has 296 valence electrons. The second kappa shape index (κ2) is 15.0. The number of hydrogen-bond acceptors (Lipinski definition) is 3. The SMILES string of the molecule is CCCCCc1ccc(N2c3cc4ccccc4c(-c4cc5c(cc4Nc4ccc(C)cc4)-c4ccccc4C5(C)C)c3Bc3sc4ccccc4c32)c(-c2ccccc2)c1. The first kappa shape index (κ1) is 37.6. The van der Waals surface area contributed by atoms with Gasteiger partial charge in [0.05, 0.1) is 11.4 Å². The standard InChI is InChI=1S/C57H49BN2S/c1-5-6-8-17-37-28-31-50(44(32-37)38-18-9-7-10-19-38)60-51-33-39-20-11-12-21-41(39)53(54(51)58-56-55(60)43-23-14-16-25-52(43)61-56)46-34-48-45(42-22-13-15-24-47(42)57(48,3)4)35-49(46)59-40-29-26-36(2)27-30-40/h7,9-16,18-35,58-59H,5-6,8,17H2,1-4H3. The highest BCUT2D eigenvalue weighted by Gasteiger charge is 2.38. The van der Waals surface area contributed by atoms with E-state index in [1.54, 1.807) is 0 Å². The number of rotatable bonds is 9. The summed E-state index contributed by atoms with van der Waals surface area (Å²) >= 11 is 1.95. The quantitative estimate of drug-likeness (QED) is 0.115. The van der Waals surface area contributed by atoms with E-state index in [0.29, 0.717) is 0 Å². The summed E-state index contributed by atoms with van der Waals surface area (Å²) in [5, 5.41) is 7.82. The third kappa shape index (κ3) is 6.30. The molecule has 2 heterocycles. The molecule has 11 rings (SSSR count). The summed E-state index contributed by atoms with van der Waals surface area (Å²) in [7, 11) is 0.848. The van der Waals surface area contributed by atoms with Gasteiger partial charge in [-0.1, -0.05) is 154 Å². The first-order valence-electron chi connectivity index (χ1n) is 22.0. The average Bonchev–Trinajstić information content (AvgIpc) is 3.77. The third-order valence-electron chi connectivity index (χ3n) is 13.4. The minimum Gasteiger partial charge on any atom is -0.355 e. The van der Waals surface area contributed by atoms with Crippen molar-refractivity contribution in [2.24, 2.45) is 0 Å². The maximum atomic E-state index is 3.99.